The minimum Gasteiger partial charge on any atom is -0.424 e. The van der Waals surface area contributed by atoms with Gasteiger partial charge in [0.05, 0.1) is 11.1 Å². The molecule has 110 valence electrons. The van der Waals surface area contributed by atoms with Crippen molar-refractivity contribution in [2.75, 3.05) is 13.3 Å². The second-order valence-electron chi connectivity index (χ2n) is 4.14. The van der Waals surface area contributed by atoms with Crippen LogP contribution in [0.5, 0.6) is 5.75 Å². The van der Waals surface area contributed by atoms with Crippen LogP contribution in [0.3, 0.4) is 0 Å². The van der Waals surface area contributed by atoms with Gasteiger partial charge in [-0.25, -0.2) is 4.57 Å². The number of hydrogen-bond acceptors (Lipinski definition) is 5. The Morgan fingerprint density at radius 2 is 2.00 bits per heavy atom. The summed E-state index contributed by atoms with van der Waals surface area (Å²) < 4.78 is 22.7. The molecule has 0 bridgehead atoms. The third-order valence-electron chi connectivity index (χ3n) is 2.66. The van der Waals surface area contributed by atoms with E-state index in [9.17, 15) is 14.7 Å². The van der Waals surface area contributed by atoms with Crippen molar-refractivity contribution in [1.29, 1.82) is 0 Å². The maximum absolute atomic E-state index is 12.3. The predicted octanol–water partition coefficient (Wildman–Crippen LogP) is 4.17. The Morgan fingerprint density at radius 3 is 2.50 bits per heavy atom. The molecule has 6 nitrogen and oxygen atoms in total. The fraction of sp³-hybridized carbons (Fsp3) is 0.385. The van der Waals surface area contributed by atoms with Gasteiger partial charge in [0.1, 0.15) is 5.75 Å². The Kier molecular flexibility index (Phi) is 6.42. The smallest absolute Gasteiger partial charge is 0.378 e. The number of nitro benzene ring substituents is 1. The molecule has 1 aromatic rings. The number of non-ortho nitro benzene ring substituents is 1. The Labute approximate surface area is 118 Å². The summed E-state index contributed by atoms with van der Waals surface area (Å²) in [6.45, 7) is 3.62. The fourth-order valence-electron chi connectivity index (χ4n) is 1.56. The summed E-state index contributed by atoms with van der Waals surface area (Å²) in [7, 11) is -1.87. The summed E-state index contributed by atoms with van der Waals surface area (Å²) in [5, 5.41) is 10.5. The minimum atomic E-state index is -3.21. The molecule has 0 N–H and O–H groups in total. The number of nitrogens with zero attached hydrogens (tertiary/aromatic N) is 1. The first-order valence-corrected chi connectivity index (χ1v) is 7.93. The normalized spacial score (nSPS) is 13.4. The Morgan fingerprint density at radius 1 is 1.35 bits per heavy atom. The van der Waals surface area contributed by atoms with Gasteiger partial charge in [0, 0.05) is 19.2 Å². The molecule has 1 atom stereocenters. The van der Waals surface area contributed by atoms with Crippen molar-refractivity contribution in [2.24, 2.45) is 0 Å². The highest BCUT2D eigenvalue weighted by Crippen LogP contribution is 2.48. The van der Waals surface area contributed by atoms with Gasteiger partial charge in [-0.1, -0.05) is 6.08 Å². The molecule has 7 heteroatoms. The van der Waals surface area contributed by atoms with Crippen molar-refractivity contribution in [3.05, 3.63) is 47.0 Å². The number of allylic oxidation sites excluding steroid dienone is 1. The highest BCUT2D eigenvalue weighted by Gasteiger charge is 2.24. The predicted molar refractivity (Wildman–Crippen MR) is 77.3 cm³/mol. The molecule has 0 spiro atoms. The van der Waals surface area contributed by atoms with E-state index in [-0.39, 0.29) is 5.69 Å². The third-order valence-corrected chi connectivity index (χ3v) is 4.57. The van der Waals surface area contributed by atoms with Crippen LogP contribution in [-0.4, -0.2) is 18.2 Å². The van der Waals surface area contributed by atoms with Crippen molar-refractivity contribution < 1.29 is 18.5 Å². The molecular weight excluding hydrogens is 281 g/mol. The minimum absolute atomic E-state index is 0.0458. The van der Waals surface area contributed by atoms with Crippen LogP contribution in [0.4, 0.5) is 5.69 Å². The van der Waals surface area contributed by atoms with Crippen LogP contribution in [0.15, 0.2) is 36.9 Å². The summed E-state index contributed by atoms with van der Waals surface area (Å²) in [6, 6.07) is 5.42. The average Bonchev–Trinajstić information content (AvgIpc) is 2.44. The van der Waals surface area contributed by atoms with Crippen LogP contribution in [0.2, 0.25) is 0 Å². The molecular formula is C13H18NO5P. The molecule has 0 heterocycles. The molecule has 0 saturated carbocycles. The highest BCUT2D eigenvalue weighted by molar-refractivity contribution is 7.54. The van der Waals surface area contributed by atoms with Gasteiger partial charge < -0.3 is 9.05 Å². The van der Waals surface area contributed by atoms with E-state index in [2.05, 4.69) is 6.58 Å². The van der Waals surface area contributed by atoms with Gasteiger partial charge in [0.25, 0.3) is 5.69 Å². The fourth-order valence-corrected chi connectivity index (χ4v) is 2.96. The lowest BCUT2D eigenvalue weighted by Crippen LogP contribution is -2.00. The second kappa shape index (κ2) is 7.82. The van der Waals surface area contributed by atoms with Gasteiger partial charge in [0.15, 0.2) is 0 Å². The van der Waals surface area contributed by atoms with Gasteiger partial charge in [0.2, 0.25) is 0 Å². The van der Waals surface area contributed by atoms with E-state index in [1.165, 1.54) is 31.4 Å². The Hall–Kier alpha value is -1.65. The molecule has 0 saturated heterocycles. The number of rotatable bonds is 9. The number of nitro groups is 1. The molecule has 0 aromatic heterocycles. The zero-order valence-electron chi connectivity index (χ0n) is 11.4. The van der Waals surface area contributed by atoms with Gasteiger partial charge in [-0.05, 0) is 31.4 Å². The van der Waals surface area contributed by atoms with E-state index in [1.807, 2.05) is 0 Å². The van der Waals surface area contributed by atoms with Crippen molar-refractivity contribution in [2.45, 2.75) is 19.3 Å². The van der Waals surface area contributed by atoms with Gasteiger partial charge in [-0.3, -0.25) is 10.1 Å². The van der Waals surface area contributed by atoms with Crippen LogP contribution in [0.25, 0.3) is 0 Å². The first-order chi connectivity index (χ1) is 9.50. The zero-order chi connectivity index (χ0) is 15.0. The molecule has 1 rings (SSSR count). The first kappa shape index (κ1) is 16.4. The summed E-state index contributed by atoms with van der Waals surface area (Å²) in [5.74, 6) is 0.296. The summed E-state index contributed by atoms with van der Waals surface area (Å²) in [6.07, 6.45) is 4.51. The van der Waals surface area contributed by atoms with E-state index >= 15 is 0 Å². The maximum atomic E-state index is 12.3. The van der Waals surface area contributed by atoms with Crippen molar-refractivity contribution in [3.8, 4) is 5.75 Å². The SMILES string of the molecule is C=CCCCCP(=O)(OC)Oc1ccc([N+](=O)[O-])cc1. The molecule has 0 fully saturated rings. The summed E-state index contributed by atoms with van der Waals surface area (Å²) >= 11 is 0. The highest BCUT2D eigenvalue weighted by atomic mass is 31.2. The third kappa shape index (κ3) is 5.15. The maximum Gasteiger partial charge on any atom is 0.378 e. The van der Waals surface area contributed by atoms with Crippen LogP contribution in [0.1, 0.15) is 19.3 Å². The molecule has 20 heavy (non-hydrogen) atoms. The second-order valence-corrected chi connectivity index (χ2v) is 6.36. The van der Waals surface area contributed by atoms with E-state index < -0.39 is 12.5 Å². The number of unbranched alkanes of at least 4 members (excludes halogenated alkanes) is 2. The van der Waals surface area contributed by atoms with Gasteiger partial charge in [-0.15, -0.1) is 6.58 Å². The Bertz CT molecular complexity index is 500. The first-order valence-electron chi connectivity index (χ1n) is 6.20. The lowest BCUT2D eigenvalue weighted by molar-refractivity contribution is -0.384. The molecule has 0 radical (unpaired) electrons. The Balaban J connectivity index is 2.64. The quantitative estimate of drug-likeness (QED) is 0.225. The van der Waals surface area contributed by atoms with Crippen LogP contribution >= 0.6 is 7.60 Å². The topological polar surface area (TPSA) is 78.7 Å². The molecule has 0 aliphatic rings. The molecule has 1 aromatic carbocycles. The van der Waals surface area contributed by atoms with E-state index in [1.54, 1.807) is 6.08 Å². The van der Waals surface area contributed by atoms with E-state index in [0.717, 1.165) is 12.8 Å². The van der Waals surface area contributed by atoms with Crippen molar-refractivity contribution in [3.63, 3.8) is 0 Å². The summed E-state index contributed by atoms with van der Waals surface area (Å²) in [4.78, 5) is 10.0. The van der Waals surface area contributed by atoms with E-state index in [4.69, 9.17) is 9.05 Å². The standard InChI is InChI=1S/C13H18NO5P/c1-3-4-5-6-11-20(17,18-2)19-13-9-7-12(8-10-13)14(15)16/h3,7-10H,1,4-6,11H2,2H3. The molecule has 0 aliphatic carbocycles. The van der Waals surface area contributed by atoms with Crippen LogP contribution in [0, 0.1) is 10.1 Å². The largest absolute Gasteiger partial charge is 0.424 e. The van der Waals surface area contributed by atoms with Crippen LogP contribution in [-0.2, 0) is 9.09 Å². The number of benzene rings is 1. The lowest BCUT2D eigenvalue weighted by atomic mass is 10.2. The van der Waals surface area contributed by atoms with E-state index in [0.29, 0.717) is 18.3 Å². The summed E-state index contributed by atoms with van der Waals surface area (Å²) in [5.41, 5.74) is -0.0458. The van der Waals surface area contributed by atoms with Gasteiger partial charge in [-0.2, -0.15) is 0 Å². The monoisotopic (exact) mass is 299 g/mol. The number of hydrogen-bond donors (Lipinski definition) is 0. The zero-order valence-corrected chi connectivity index (χ0v) is 12.3. The molecule has 1 unspecified atom stereocenters. The van der Waals surface area contributed by atoms with Crippen molar-refractivity contribution >= 4 is 13.3 Å². The van der Waals surface area contributed by atoms with Crippen LogP contribution < -0.4 is 4.52 Å². The van der Waals surface area contributed by atoms with Crippen molar-refractivity contribution in [1.82, 2.24) is 0 Å². The lowest BCUT2D eigenvalue weighted by Gasteiger charge is -2.17. The molecule has 0 amide bonds. The van der Waals surface area contributed by atoms with Gasteiger partial charge >= 0.3 is 7.60 Å². The average molecular weight is 299 g/mol. The molecule has 0 aliphatic heterocycles.